The number of hydrogen-bond acceptors (Lipinski definition) is 3. The van der Waals surface area contributed by atoms with E-state index in [0.717, 1.165) is 6.42 Å². The van der Waals surface area contributed by atoms with Gasteiger partial charge in [0.05, 0.1) is 11.8 Å². The second kappa shape index (κ2) is 4.08. The van der Waals surface area contributed by atoms with Gasteiger partial charge in [-0.05, 0) is 0 Å². The van der Waals surface area contributed by atoms with Crippen LogP contribution in [-0.4, -0.2) is 11.9 Å². The molecule has 0 aliphatic carbocycles. The summed E-state index contributed by atoms with van der Waals surface area (Å²) in [5, 5.41) is 0. The Balaban J connectivity index is 2.59. The summed E-state index contributed by atoms with van der Waals surface area (Å²) in [6, 6.07) is 0. The Kier molecular flexibility index (Phi) is 3.07. The summed E-state index contributed by atoms with van der Waals surface area (Å²) in [6.07, 6.45) is 1.20. The van der Waals surface area contributed by atoms with E-state index in [1.54, 1.807) is 6.92 Å². The number of cyclic esters (lactones) is 2. The third-order valence-corrected chi connectivity index (χ3v) is 2.10. The Morgan fingerprint density at radius 3 is 2.46 bits per heavy atom. The molecule has 1 saturated heterocycles. The molecule has 0 saturated carbocycles. The van der Waals surface area contributed by atoms with Gasteiger partial charge in [-0.15, -0.1) is 11.8 Å². The Morgan fingerprint density at radius 2 is 2.00 bits per heavy atom. The molecule has 2 unspecified atom stereocenters. The molecule has 3 nitrogen and oxygen atoms in total. The Morgan fingerprint density at radius 1 is 1.31 bits per heavy atom. The maximum Gasteiger partial charge on any atom is 0.318 e. The zero-order valence-electron chi connectivity index (χ0n) is 7.79. The summed E-state index contributed by atoms with van der Waals surface area (Å²) in [4.78, 5) is 22.0. The van der Waals surface area contributed by atoms with E-state index in [-0.39, 0.29) is 11.8 Å². The first-order valence-electron chi connectivity index (χ1n) is 4.38. The van der Waals surface area contributed by atoms with E-state index in [4.69, 9.17) is 0 Å². The SMILES string of the molecule is CCC#CCC1C(=O)OC(=O)C1C. The minimum absolute atomic E-state index is 0.335. The van der Waals surface area contributed by atoms with Crippen LogP contribution >= 0.6 is 0 Å². The van der Waals surface area contributed by atoms with Crippen molar-refractivity contribution in [2.75, 3.05) is 0 Å². The fraction of sp³-hybridized carbons (Fsp3) is 0.600. The summed E-state index contributed by atoms with van der Waals surface area (Å²) >= 11 is 0. The zero-order chi connectivity index (χ0) is 9.84. The predicted molar refractivity (Wildman–Crippen MR) is 46.4 cm³/mol. The number of hydrogen-bond donors (Lipinski definition) is 0. The lowest BCUT2D eigenvalue weighted by Gasteiger charge is -2.02. The summed E-state index contributed by atoms with van der Waals surface area (Å²) < 4.78 is 4.47. The van der Waals surface area contributed by atoms with Crippen molar-refractivity contribution >= 4 is 11.9 Å². The molecule has 3 heteroatoms. The van der Waals surface area contributed by atoms with Crippen molar-refractivity contribution in [3.05, 3.63) is 0 Å². The standard InChI is InChI=1S/C10H12O3/c1-3-4-5-6-8-7(2)9(11)13-10(8)12/h7-8H,3,6H2,1-2H3. The van der Waals surface area contributed by atoms with E-state index in [0.29, 0.717) is 6.42 Å². The van der Waals surface area contributed by atoms with E-state index in [2.05, 4.69) is 16.6 Å². The summed E-state index contributed by atoms with van der Waals surface area (Å²) in [6.45, 7) is 3.64. The van der Waals surface area contributed by atoms with Crippen molar-refractivity contribution in [2.24, 2.45) is 11.8 Å². The van der Waals surface area contributed by atoms with Crippen molar-refractivity contribution in [3.63, 3.8) is 0 Å². The average Bonchev–Trinajstić information content (AvgIpc) is 2.32. The highest BCUT2D eigenvalue weighted by Gasteiger charge is 2.40. The molecule has 0 N–H and O–H groups in total. The zero-order valence-corrected chi connectivity index (χ0v) is 7.79. The van der Waals surface area contributed by atoms with Crippen LogP contribution in [0.1, 0.15) is 26.7 Å². The molecule has 0 aromatic rings. The number of carbonyl (C=O) groups excluding carboxylic acids is 2. The molecule has 0 bridgehead atoms. The van der Waals surface area contributed by atoms with E-state index in [1.807, 2.05) is 6.92 Å². The van der Waals surface area contributed by atoms with Gasteiger partial charge in [0, 0.05) is 12.8 Å². The van der Waals surface area contributed by atoms with Crippen molar-refractivity contribution < 1.29 is 14.3 Å². The van der Waals surface area contributed by atoms with Crippen molar-refractivity contribution in [2.45, 2.75) is 26.7 Å². The van der Waals surface area contributed by atoms with Crippen molar-refractivity contribution in [1.29, 1.82) is 0 Å². The third kappa shape index (κ3) is 2.09. The molecular formula is C10H12O3. The van der Waals surface area contributed by atoms with Gasteiger partial charge in [-0.3, -0.25) is 9.59 Å². The molecule has 13 heavy (non-hydrogen) atoms. The van der Waals surface area contributed by atoms with Crippen LogP contribution in [-0.2, 0) is 14.3 Å². The Bertz CT molecular complexity index is 282. The number of rotatable bonds is 1. The van der Waals surface area contributed by atoms with Crippen LogP contribution in [0.15, 0.2) is 0 Å². The quantitative estimate of drug-likeness (QED) is 0.345. The van der Waals surface area contributed by atoms with Gasteiger partial charge < -0.3 is 4.74 Å². The predicted octanol–water partition coefficient (Wildman–Crippen LogP) is 1.13. The maximum absolute atomic E-state index is 11.1. The summed E-state index contributed by atoms with van der Waals surface area (Å²) in [5.41, 5.74) is 0. The molecule has 2 atom stereocenters. The highest BCUT2D eigenvalue weighted by atomic mass is 16.6. The maximum atomic E-state index is 11.1. The molecule has 0 radical (unpaired) electrons. The highest BCUT2D eigenvalue weighted by Crippen LogP contribution is 2.25. The van der Waals surface area contributed by atoms with Crippen molar-refractivity contribution in [3.8, 4) is 11.8 Å². The van der Waals surface area contributed by atoms with Crippen molar-refractivity contribution in [1.82, 2.24) is 0 Å². The number of carbonyl (C=O) groups is 2. The first-order valence-corrected chi connectivity index (χ1v) is 4.38. The molecule has 0 aromatic carbocycles. The van der Waals surface area contributed by atoms with Gasteiger partial charge in [-0.2, -0.15) is 0 Å². The molecule has 0 aromatic heterocycles. The minimum atomic E-state index is -0.428. The fourth-order valence-electron chi connectivity index (χ4n) is 1.20. The first kappa shape index (κ1) is 9.79. The third-order valence-electron chi connectivity index (χ3n) is 2.10. The lowest BCUT2D eigenvalue weighted by atomic mass is 9.94. The second-order valence-corrected chi connectivity index (χ2v) is 3.05. The molecular weight excluding hydrogens is 168 g/mol. The van der Waals surface area contributed by atoms with E-state index < -0.39 is 11.9 Å². The highest BCUT2D eigenvalue weighted by molar-refractivity contribution is 5.96. The van der Waals surface area contributed by atoms with Gasteiger partial charge in [-0.25, -0.2) is 0 Å². The van der Waals surface area contributed by atoms with Gasteiger partial charge in [0.1, 0.15) is 0 Å². The normalized spacial score (nSPS) is 26.6. The molecule has 1 heterocycles. The smallest absolute Gasteiger partial charge is 0.318 e. The van der Waals surface area contributed by atoms with Crippen LogP contribution in [0.5, 0.6) is 0 Å². The van der Waals surface area contributed by atoms with Gasteiger partial charge >= 0.3 is 11.9 Å². The molecule has 0 spiro atoms. The largest absolute Gasteiger partial charge is 0.393 e. The summed E-state index contributed by atoms with van der Waals surface area (Å²) in [7, 11) is 0. The molecule has 1 aliphatic rings. The summed E-state index contributed by atoms with van der Waals surface area (Å²) in [5.74, 6) is 4.18. The molecule has 1 rings (SSSR count). The lowest BCUT2D eigenvalue weighted by molar-refractivity contribution is -0.153. The van der Waals surface area contributed by atoms with Crippen LogP contribution in [0.25, 0.3) is 0 Å². The van der Waals surface area contributed by atoms with E-state index >= 15 is 0 Å². The first-order chi connectivity index (χ1) is 6.16. The average molecular weight is 180 g/mol. The topological polar surface area (TPSA) is 43.4 Å². The fourth-order valence-corrected chi connectivity index (χ4v) is 1.20. The van der Waals surface area contributed by atoms with Crippen LogP contribution in [0.3, 0.4) is 0 Å². The molecule has 1 fully saturated rings. The molecule has 0 amide bonds. The van der Waals surface area contributed by atoms with E-state index in [9.17, 15) is 9.59 Å². The monoisotopic (exact) mass is 180 g/mol. The van der Waals surface area contributed by atoms with Gasteiger partial charge in [0.2, 0.25) is 0 Å². The minimum Gasteiger partial charge on any atom is -0.393 e. The van der Waals surface area contributed by atoms with Gasteiger partial charge in [-0.1, -0.05) is 13.8 Å². The Labute approximate surface area is 77.5 Å². The molecule has 70 valence electrons. The Hall–Kier alpha value is -1.30. The number of ether oxygens (including phenoxy) is 1. The number of esters is 2. The second-order valence-electron chi connectivity index (χ2n) is 3.05. The lowest BCUT2D eigenvalue weighted by Crippen LogP contribution is -2.13. The van der Waals surface area contributed by atoms with Crippen LogP contribution < -0.4 is 0 Å². The van der Waals surface area contributed by atoms with Gasteiger partial charge in [0.15, 0.2) is 0 Å². The van der Waals surface area contributed by atoms with E-state index in [1.165, 1.54) is 0 Å². The van der Waals surface area contributed by atoms with Crippen LogP contribution in [0, 0.1) is 23.7 Å². The molecule has 1 aliphatic heterocycles. The van der Waals surface area contributed by atoms with Gasteiger partial charge in [0.25, 0.3) is 0 Å². The van der Waals surface area contributed by atoms with Crippen LogP contribution in [0.2, 0.25) is 0 Å². The van der Waals surface area contributed by atoms with Crippen LogP contribution in [0.4, 0.5) is 0 Å².